The van der Waals surface area contributed by atoms with Crippen LogP contribution >= 0.6 is 24.0 Å². The zero-order valence-electron chi connectivity index (χ0n) is 18.1. The molecule has 1 unspecified atom stereocenters. The molecule has 1 saturated heterocycles. The van der Waals surface area contributed by atoms with Gasteiger partial charge in [0.2, 0.25) is 0 Å². The lowest BCUT2D eigenvalue weighted by Crippen LogP contribution is -2.51. The molecule has 1 aliphatic rings. The second-order valence-corrected chi connectivity index (χ2v) is 7.76. The van der Waals surface area contributed by atoms with E-state index in [4.69, 9.17) is 4.99 Å². The quantitative estimate of drug-likeness (QED) is 0.278. The van der Waals surface area contributed by atoms with Gasteiger partial charge in [-0.05, 0) is 44.0 Å². The number of fused-ring (bicyclic) bond motifs is 1. The molecule has 0 aliphatic carbocycles. The van der Waals surface area contributed by atoms with Crippen molar-refractivity contribution in [1.82, 2.24) is 30.1 Å². The van der Waals surface area contributed by atoms with Crippen LogP contribution < -0.4 is 10.6 Å². The van der Waals surface area contributed by atoms with Crippen LogP contribution in [0.1, 0.15) is 31.2 Å². The summed E-state index contributed by atoms with van der Waals surface area (Å²) in [6, 6.07) is 17.1. The van der Waals surface area contributed by atoms with E-state index >= 15 is 0 Å². The summed E-state index contributed by atoms with van der Waals surface area (Å²) in [7, 11) is 0. The number of pyridine rings is 1. The first-order chi connectivity index (χ1) is 14.8. The Bertz CT molecular complexity index is 957. The highest BCUT2D eigenvalue weighted by Crippen LogP contribution is 2.13. The Morgan fingerprint density at radius 1 is 1.13 bits per heavy atom. The number of nitrogens with one attached hydrogen (secondary N) is 2. The number of rotatable bonds is 7. The molecule has 0 amide bonds. The Morgan fingerprint density at radius 2 is 1.97 bits per heavy atom. The van der Waals surface area contributed by atoms with Crippen LogP contribution in [0.3, 0.4) is 0 Å². The monoisotopic (exact) mass is 533 g/mol. The second-order valence-electron chi connectivity index (χ2n) is 7.76. The molecule has 0 radical (unpaired) electrons. The van der Waals surface area contributed by atoms with Crippen LogP contribution in [-0.4, -0.2) is 57.7 Å². The summed E-state index contributed by atoms with van der Waals surface area (Å²) < 4.78 is 2.03. The predicted octanol–water partition coefficient (Wildman–Crippen LogP) is 3.11. The van der Waals surface area contributed by atoms with Crippen LogP contribution in [0.2, 0.25) is 0 Å². The van der Waals surface area contributed by atoms with Crippen LogP contribution in [0.25, 0.3) is 5.65 Å². The van der Waals surface area contributed by atoms with Crippen molar-refractivity contribution in [2.75, 3.05) is 26.2 Å². The summed E-state index contributed by atoms with van der Waals surface area (Å²) in [6.07, 6.45) is 5.13. The van der Waals surface area contributed by atoms with Gasteiger partial charge in [-0.1, -0.05) is 36.4 Å². The van der Waals surface area contributed by atoms with Gasteiger partial charge in [0.1, 0.15) is 5.82 Å². The number of hydrogen-bond donors (Lipinski definition) is 2. The normalized spacial score (nSPS) is 17.3. The average Bonchev–Trinajstić information content (AvgIpc) is 3.18. The second kappa shape index (κ2) is 12.0. The van der Waals surface area contributed by atoms with Crippen LogP contribution in [-0.2, 0) is 13.0 Å². The van der Waals surface area contributed by atoms with Gasteiger partial charge < -0.3 is 10.6 Å². The highest BCUT2D eigenvalue weighted by molar-refractivity contribution is 14.0. The molecule has 1 atom stereocenters. The summed E-state index contributed by atoms with van der Waals surface area (Å²) in [5, 5.41) is 15.6. The fourth-order valence-corrected chi connectivity index (χ4v) is 4.00. The van der Waals surface area contributed by atoms with Gasteiger partial charge in [0, 0.05) is 44.8 Å². The van der Waals surface area contributed by atoms with Gasteiger partial charge in [0.05, 0.1) is 0 Å². The molecule has 1 aliphatic heterocycles. The lowest BCUT2D eigenvalue weighted by atomic mass is 10.0. The third-order valence-electron chi connectivity index (χ3n) is 5.43. The van der Waals surface area contributed by atoms with E-state index in [0.29, 0.717) is 12.6 Å². The van der Waals surface area contributed by atoms with E-state index in [9.17, 15) is 0 Å². The molecule has 0 bridgehead atoms. The maximum absolute atomic E-state index is 4.79. The summed E-state index contributed by atoms with van der Waals surface area (Å²) >= 11 is 0. The molecule has 166 valence electrons. The molecule has 31 heavy (non-hydrogen) atoms. The number of aliphatic imine (C=N–C) groups is 1. The number of likely N-dealkylation sites (tertiary alicyclic amines) is 1. The molecule has 0 saturated carbocycles. The van der Waals surface area contributed by atoms with E-state index in [2.05, 4.69) is 63.0 Å². The number of nitrogens with zero attached hydrogens (tertiary/aromatic N) is 5. The minimum Gasteiger partial charge on any atom is -0.357 e. The van der Waals surface area contributed by atoms with Crippen LogP contribution in [0.4, 0.5) is 0 Å². The number of halogens is 1. The Labute approximate surface area is 201 Å². The van der Waals surface area contributed by atoms with Crippen molar-refractivity contribution in [2.45, 2.75) is 38.8 Å². The number of piperidine rings is 1. The first kappa shape index (κ1) is 23.5. The maximum atomic E-state index is 4.79. The zero-order chi connectivity index (χ0) is 20.6. The Balaban J connectivity index is 0.00000272. The van der Waals surface area contributed by atoms with E-state index in [0.717, 1.165) is 50.0 Å². The van der Waals surface area contributed by atoms with Gasteiger partial charge in [0.25, 0.3) is 0 Å². The summed E-state index contributed by atoms with van der Waals surface area (Å²) in [5.74, 6) is 1.83. The van der Waals surface area contributed by atoms with E-state index in [1.807, 2.05) is 28.8 Å². The van der Waals surface area contributed by atoms with Crippen molar-refractivity contribution in [1.29, 1.82) is 0 Å². The lowest BCUT2D eigenvalue weighted by molar-refractivity contribution is 0.192. The Morgan fingerprint density at radius 3 is 2.81 bits per heavy atom. The first-order valence-corrected chi connectivity index (χ1v) is 10.9. The third kappa shape index (κ3) is 6.64. The zero-order valence-corrected chi connectivity index (χ0v) is 20.4. The Hall–Kier alpha value is -2.20. The predicted molar refractivity (Wildman–Crippen MR) is 136 cm³/mol. The molecule has 1 aromatic carbocycles. The van der Waals surface area contributed by atoms with Gasteiger partial charge in [-0.3, -0.25) is 14.3 Å². The van der Waals surface area contributed by atoms with Gasteiger partial charge in [-0.15, -0.1) is 34.2 Å². The fraction of sp³-hybridized carbons (Fsp3) is 0.435. The van der Waals surface area contributed by atoms with Crippen molar-refractivity contribution in [3.05, 3.63) is 66.1 Å². The minimum absolute atomic E-state index is 0. The largest absolute Gasteiger partial charge is 0.357 e. The summed E-state index contributed by atoms with van der Waals surface area (Å²) in [6.45, 7) is 6.82. The maximum Gasteiger partial charge on any atom is 0.191 e. The number of guanidine groups is 1. The number of aromatic nitrogens is 3. The molecule has 2 aromatic heterocycles. The van der Waals surface area contributed by atoms with Gasteiger partial charge in [0.15, 0.2) is 11.6 Å². The molecule has 8 heteroatoms. The van der Waals surface area contributed by atoms with Crippen molar-refractivity contribution < 1.29 is 0 Å². The molecular weight excluding hydrogens is 501 g/mol. The smallest absolute Gasteiger partial charge is 0.191 e. The van der Waals surface area contributed by atoms with Gasteiger partial charge >= 0.3 is 0 Å². The van der Waals surface area contributed by atoms with Crippen LogP contribution in [0, 0.1) is 0 Å². The molecule has 4 rings (SSSR count). The minimum atomic E-state index is 0. The van der Waals surface area contributed by atoms with E-state index in [1.54, 1.807) is 0 Å². The van der Waals surface area contributed by atoms with Crippen LogP contribution in [0.5, 0.6) is 0 Å². The molecule has 0 spiro atoms. The highest BCUT2D eigenvalue weighted by Gasteiger charge is 2.20. The van der Waals surface area contributed by atoms with Crippen molar-refractivity contribution in [3.63, 3.8) is 0 Å². The molecule has 2 N–H and O–H groups in total. The van der Waals surface area contributed by atoms with Crippen molar-refractivity contribution in [3.8, 4) is 0 Å². The lowest BCUT2D eigenvalue weighted by Gasteiger charge is -2.34. The van der Waals surface area contributed by atoms with Crippen molar-refractivity contribution in [2.24, 2.45) is 4.99 Å². The summed E-state index contributed by atoms with van der Waals surface area (Å²) in [5.41, 5.74) is 2.25. The molecule has 1 fully saturated rings. The van der Waals surface area contributed by atoms with E-state index in [1.165, 1.54) is 18.4 Å². The molecule has 3 aromatic rings. The van der Waals surface area contributed by atoms with E-state index < -0.39 is 0 Å². The molecular formula is C23H32IN7. The third-order valence-corrected chi connectivity index (χ3v) is 5.43. The fourth-order valence-electron chi connectivity index (χ4n) is 4.00. The van der Waals surface area contributed by atoms with Gasteiger partial charge in [-0.2, -0.15) is 0 Å². The SMILES string of the molecule is CCNC(=NCCc1nnc2ccccn12)NC1CCCN(Cc2ccccc2)C1.I. The standard InChI is InChI=1S/C23H31N7.HI/c1-2-24-23(25-14-13-22-28-27-21-12-6-7-16-30(21)22)26-20-11-8-15-29(18-20)17-19-9-4-3-5-10-19;/h3-7,9-10,12,16,20H,2,8,11,13-15,17-18H2,1H3,(H2,24,25,26);1H. The number of hydrogen-bond acceptors (Lipinski definition) is 4. The summed E-state index contributed by atoms with van der Waals surface area (Å²) in [4.78, 5) is 7.32. The average molecular weight is 533 g/mol. The first-order valence-electron chi connectivity index (χ1n) is 10.9. The Kier molecular flexibility index (Phi) is 9.08. The highest BCUT2D eigenvalue weighted by atomic mass is 127. The van der Waals surface area contributed by atoms with E-state index in [-0.39, 0.29) is 24.0 Å². The van der Waals surface area contributed by atoms with Crippen LogP contribution in [0.15, 0.2) is 59.7 Å². The topological polar surface area (TPSA) is 69.8 Å². The van der Waals surface area contributed by atoms with Crippen molar-refractivity contribution >= 4 is 35.6 Å². The molecule has 7 nitrogen and oxygen atoms in total. The van der Waals surface area contributed by atoms with Gasteiger partial charge in [-0.25, -0.2) is 0 Å². The number of benzene rings is 1. The molecule has 3 heterocycles.